The number of fused-ring (bicyclic) bond motifs is 1. The van der Waals surface area contributed by atoms with E-state index in [0.29, 0.717) is 6.54 Å². The summed E-state index contributed by atoms with van der Waals surface area (Å²) < 4.78 is 2.01. The van der Waals surface area contributed by atoms with Crippen molar-refractivity contribution >= 4 is 5.65 Å². The van der Waals surface area contributed by atoms with Gasteiger partial charge in [-0.05, 0) is 24.6 Å². The number of hydrogen-bond acceptors (Lipinski definition) is 3. The first-order valence-electron chi connectivity index (χ1n) is 5.97. The number of benzene rings is 1. The predicted octanol–water partition coefficient (Wildman–Crippen LogP) is 1.90. The lowest BCUT2D eigenvalue weighted by atomic mass is 10.2. The molecule has 0 saturated heterocycles. The van der Waals surface area contributed by atoms with Crippen LogP contribution >= 0.6 is 0 Å². The minimum absolute atomic E-state index is 0.647. The normalized spacial score (nSPS) is 10.9. The lowest BCUT2D eigenvalue weighted by Gasteiger charge is -2.02. The first-order valence-corrected chi connectivity index (χ1v) is 5.97. The molecule has 1 aromatic carbocycles. The molecule has 0 fully saturated rings. The van der Waals surface area contributed by atoms with E-state index in [1.165, 1.54) is 5.56 Å². The van der Waals surface area contributed by atoms with Gasteiger partial charge in [0.15, 0.2) is 11.5 Å². The Hall–Kier alpha value is -2.20. The quantitative estimate of drug-likeness (QED) is 0.758. The smallest absolute Gasteiger partial charge is 0.168 e. The first-order chi connectivity index (χ1) is 8.88. The van der Waals surface area contributed by atoms with E-state index in [-0.39, 0.29) is 0 Å². The molecule has 18 heavy (non-hydrogen) atoms. The molecule has 0 unspecified atom stereocenters. The Morgan fingerprint density at radius 2 is 1.83 bits per heavy atom. The molecular formula is C14H14N4. The summed E-state index contributed by atoms with van der Waals surface area (Å²) in [7, 11) is 0. The van der Waals surface area contributed by atoms with Crippen molar-refractivity contribution in [1.29, 1.82) is 0 Å². The average Bonchev–Trinajstić information content (AvgIpc) is 2.83. The topological polar surface area (TPSA) is 56.2 Å². The second-order valence-electron chi connectivity index (χ2n) is 4.19. The average molecular weight is 238 g/mol. The lowest BCUT2D eigenvalue weighted by Crippen LogP contribution is -2.03. The fraction of sp³-hybridized carbons (Fsp3) is 0.143. The van der Waals surface area contributed by atoms with Gasteiger partial charge in [-0.3, -0.25) is 4.40 Å². The molecule has 4 heteroatoms. The SMILES string of the molecule is NCCc1ccc2nnc(-c3ccccc3)n2c1. The number of aromatic nitrogens is 3. The highest BCUT2D eigenvalue weighted by Gasteiger charge is 2.07. The van der Waals surface area contributed by atoms with Gasteiger partial charge in [-0.25, -0.2) is 0 Å². The highest BCUT2D eigenvalue weighted by Crippen LogP contribution is 2.18. The van der Waals surface area contributed by atoms with Crippen LogP contribution in [-0.4, -0.2) is 21.1 Å². The van der Waals surface area contributed by atoms with Crippen LogP contribution in [0.1, 0.15) is 5.56 Å². The Morgan fingerprint density at radius 3 is 2.61 bits per heavy atom. The van der Waals surface area contributed by atoms with Crippen molar-refractivity contribution in [3.05, 3.63) is 54.2 Å². The number of rotatable bonds is 3. The highest BCUT2D eigenvalue weighted by molar-refractivity contribution is 5.59. The van der Waals surface area contributed by atoms with Crippen LogP contribution in [0.5, 0.6) is 0 Å². The molecule has 0 aliphatic carbocycles. The molecule has 3 rings (SSSR count). The van der Waals surface area contributed by atoms with Gasteiger partial charge >= 0.3 is 0 Å². The molecule has 2 aromatic heterocycles. The van der Waals surface area contributed by atoms with Crippen LogP contribution in [0.15, 0.2) is 48.7 Å². The van der Waals surface area contributed by atoms with Crippen molar-refractivity contribution in [3.63, 3.8) is 0 Å². The Labute approximate surface area is 105 Å². The van der Waals surface area contributed by atoms with E-state index in [4.69, 9.17) is 5.73 Å². The summed E-state index contributed by atoms with van der Waals surface area (Å²) in [6, 6.07) is 14.1. The Balaban J connectivity index is 2.15. The fourth-order valence-corrected chi connectivity index (χ4v) is 2.03. The second kappa shape index (κ2) is 4.58. The van der Waals surface area contributed by atoms with E-state index < -0.39 is 0 Å². The van der Waals surface area contributed by atoms with Gasteiger partial charge < -0.3 is 5.73 Å². The molecule has 0 aliphatic rings. The minimum Gasteiger partial charge on any atom is -0.330 e. The van der Waals surface area contributed by atoms with Crippen molar-refractivity contribution in [3.8, 4) is 11.4 Å². The molecule has 0 atom stereocenters. The van der Waals surface area contributed by atoms with E-state index in [9.17, 15) is 0 Å². The van der Waals surface area contributed by atoms with Crippen LogP contribution in [0.25, 0.3) is 17.0 Å². The Bertz CT molecular complexity index is 658. The van der Waals surface area contributed by atoms with Gasteiger partial charge in [0, 0.05) is 11.8 Å². The maximum atomic E-state index is 5.59. The molecule has 0 amide bonds. The largest absolute Gasteiger partial charge is 0.330 e. The van der Waals surface area contributed by atoms with Crippen LogP contribution in [0.4, 0.5) is 0 Å². The maximum Gasteiger partial charge on any atom is 0.168 e. The number of hydrogen-bond donors (Lipinski definition) is 1. The molecule has 4 nitrogen and oxygen atoms in total. The maximum absolute atomic E-state index is 5.59. The molecule has 2 heterocycles. The molecule has 90 valence electrons. The van der Waals surface area contributed by atoms with E-state index in [1.54, 1.807) is 0 Å². The van der Waals surface area contributed by atoms with Crippen molar-refractivity contribution < 1.29 is 0 Å². The Kier molecular flexibility index (Phi) is 2.78. The third-order valence-electron chi connectivity index (χ3n) is 2.93. The minimum atomic E-state index is 0.647. The van der Waals surface area contributed by atoms with Crippen LogP contribution in [0, 0.1) is 0 Å². The summed E-state index contributed by atoms with van der Waals surface area (Å²) in [5, 5.41) is 8.43. The van der Waals surface area contributed by atoms with Gasteiger partial charge in [-0.1, -0.05) is 36.4 Å². The number of nitrogens with zero attached hydrogens (tertiary/aromatic N) is 3. The molecular weight excluding hydrogens is 224 g/mol. The van der Waals surface area contributed by atoms with Gasteiger partial charge in [0.1, 0.15) is 0 Å². The second-order valence-corrected chi connectivity index (χ2v) is 4.19. The van der Waals surface area contributed by atoms with E-state index in [1.807, 2.05) is 46.9 Å². The zero-order chi connectivity index (χ0) is 12.4. The van der Waals surface area contributed by atoms with Crippen molar-refractivity contribution in [2.75, 3.05) is 6.54 Å². The summed E-state index contributed by atoms with van der Waals surface area (Å²) in [6.45, 7) is 0.647. The van der Waals surface area contributed by atoms with Gasteiger partial charge in [-0.15, -0.1) is 10.2 Å². The van der Waals surface area contributed by atoms with Crippen molar-refractivity contribution in [2.45, 2.75) is 6.42 Å². The molecule has 2 N–H and O–H groups in total. The standard InChI is InChI=1S/C14H14N4/c15-9-8-11-6-7-13-16-17-14(18(13)10-11)12-4-2-1-3-5-12/h1-7,10H,8-9,15H2. The zero-order valence-corrected chi connectivity index (χ0v) is 9.95. The summed E-state index contributed by atoms with van der Waals surface area (Å²) in [6.07, 6.45) is 2.92. The summed E-state index contributed by atoms with van der Waals surface area (Å²) in [5.41, 5.74) is 8.71. The Morgan fingerprint density at radius 1 is 1.00 bits per heavy atom. The zero-order valence-electron chi connectivity index (χ0n) is 9.95. The number of nitrogens with two attached hydrogens (primary N) is 1. The fourth-order valence-electron chi connectivity index (χ4n) is 2.03. The van der Waals surface area contributed by atoms with Gasteiger partial charge in [-0.2, -0.15) is 0 Å². The molecule has 0 saturated carbocycles. The molecule has 0 radical (unpaired) electrons. The van der Waals surface area contributed by atoms with E-state index >= 15 is 0 Å². The predicted molar refractivity (Wildman–Crippen MR) is 71.2 cm³/mol. The summed E-state index contributed by atoms with van der Waals surface area (Å²) in [4.78, 5) is 0. The lowest BCUT2D eigenvalue weighted by molar-refractivity contribution is 0.952. The van der Waals surface area contributed by atoms with E-state index in [2.05, 4.69) is 16.4 Å². The van der Waals surface area contributed by atoms with Crippen molar-refractivity contribution in [2.24, 2.45) is 5.73 Å². The molecule has 0 bridgehead atoms. The first kappa shape index (κ1) is 10.9. The highest BCUT2D eigenvalue weighted by atomic mass is 15.2. The van der Waals surface area contributed by atoms with Crippen molar-refractivity contribution in [1.82, 2.24) is 14.6 Å². The van der Waals surface area contributed by atoms with E-state index in [0.717, 1.165) is 23.5 Å². The van der Waals surface area contributed by atoms with Crippen LogP contribution in [0.2, 0.25) is 0 Å². The molecule has 0 aliphatic heterocycles. The van der Waals surface area contributed by atoms with Gasteiger partial charge in [0.2, 0.25) is 0 Å². The third kappa shape index (κ3) is 1.87. The van der Waals surface area contributed by atoms with Crippen LogP contribution < -0.4 is 5.73 Å². The number of pyridine rings is 1. The molecule has 0 spiro atoms. The summed E-state index contributed by atoms with van der Waals surface area (Å²) >= 11 is 0. The van der Waals surface area contributed by atoms with Crippen LogP contribution in [-0.2, 0) is 6.42 Å². The van der Waals surface area contributed by atoms with Crippen LogP contribution in [0.3, 0.4) is 0 Å². The summed E-state index contributed by atoms with van der Waals surface area (Å²) in [5.74, 6) is 0.865. The van der Waals surface area contributed by atoms with Gasteiger partial charge in [0.05, 0.1) is 0 Å². The third-order valence-corrected chi connectivity index (χ3v) is 2.93. The molecule has 3 aromatic rings. The monoisotopic (exact) mass is 238 g/mol. The van der Waals surface area contributed by atoms with Gasteiger partial charge in [0.25, 0.3) is 0 Å².